The number of esters is 3. The predicted octanol–water partition coefficient (Wildman–Crippen LogP) is 23.6. The fourth-order valence-corrected chi connectivity index (χ4v) is 9.44. The van der Waals surface area contributed by atoms with Crippen LogP contribution in [-0.2, 0) is 28.6 Å². The minimum absolute atomic E-state index is 0.0827. The Morgan fingerprint density at radius 3 is 0.753 bits per heavy atom. The van der Waals surface area contributed by atoms with Crippen molar-refractivity contribution < 1.29 is 28.6 Å². The molecular formula is C75H126O6. The Bertz CT molecular complexity index is 1670. The highest BCUT2D eigenvalue weighted by molar-refractivity contribution is 5.71. The molecule has 0 bridgehead atoms. The van der Waals surface area contributed by atoms with Gasteiger partial charge in [0.1, 0.15) is 13.2 Å². The van der Waals surface area contributed by atoms with E-state index in [1.54, 1.807) is 0 Å². The monoisotopic (exact) mass is 1120 g/mol. The number of hydrogen-bond donors (Lipinski definition) is 0. The van der Waals surface area contributed by atoms with Crippen molar-refractivity contribution in [2.75, 3.05) is 13.2 Å². The molecule has 0 aliphatic heterocycles. The molecule has 462 valence electrons. The van der Waals surface area contributed by atoms with Gasteiger partial charge in [-0.25, -0.2) is 0 Å². The minimum atomic E-state index is -0.787. The largest absolute Gasteiger partial charge is 0.462 e. The van der Waals surface area contributed by atoms with E-state index in [-0.39, 0.29) is 31.1 Å². The van der Waals surface area contributed by atoms with Crippen molar-refractivity contribution >= 4 is 17.9 Å². The molecule has 6 heteroatoms. The van der Waals surface area contributed by atoms with Gasteiger partial charge >= 0.3 is 17.9 Å². The lowest BCUT2D eigenvalue weighted by Crippen LogP contribution is -2.30. The number of rotatable bonds is 61. The Labute approximate surface area is 501 Å². The first-order valence-corrected chi connectivity index (χ1v) is 34.0. The average molecular weight is 1120 g/mol. The summed E-state index contributed by atoms with van der Waals surface area (Å²) in [4.78, 5) is 38.3. The Morgan fingerprint density at radius 1 is 0.259 bits per heavy atom. The highest BCUT2D eigenvalue weighted by Gasteiger charge is 2.19. The van der Waals surface area contributed by atoms with Gasteiger partial charge in [-0.1, -0.05) is 309 Å². The van der Waals surface area contributed by atoms with Gasteiger partial charge in [0, 0.05) is 19.3 Å². The molecule has 1 atom stereocenters. The number of carbonyl (C=O) groups excluding carboxylic acids is 3. The summed E-state index contributed by atoms with van der Waals surface area (Å²) in [6, 6.07) is 0. The van der Waals surface area contributed by atoms with Crippen LogP contribution in [0, 0.1) is 0 Å². The van der Waals surface area contributed by atoms with E-state index in [0.717, 1.165) is 135 Å². The first kappa shape index (κ1) is 76.8. The first-order valence-electron chi connectivity index (χ1n) is 34.0. The lowest BCUT2D eigenvalue weighted by atomic mass is 10.0. The highest BCUT2D eigenvalue weighted by Crippen LogP contribution is 2.17. The van der Waals surface area contributed by atoms with Crippen molar-refractivity contribution in [1.82, 2.24) is 0 Å². The van der Waals surface area contributed by atoms with E-state index in [1.807, 2.05) is 0 Å². The maximum Gasteiger partial charge on any atom is 0.306 e. The molecule has 0 spiro atoms. The molecule has 0 amide bonds. The van der Waals surface area contributed by atoms with E-state index >= 15 is 0 Å². The van der Waals surface area contributed by atoms with Gasteiger partial charge in [0.2, 0.25) is 0 Å². The molecule has 0 N–H and O–H groups in total. The van der Waals surface area contributed by atoms with Crippen molar-refractivity contribution in [1.29, 1.82) is 0 Å². The number of ether oxygens (including phenoxy) is 3. The third-order valence-corrected chi connectivity index (χ3v) is 14.5. The number of unbranched alkanes of at least 4 members (excludes halogenated alkanes) is 30. The zero-order valence-corrected chi connectivity index (χ0v) is 53.0. The second kappa shape index (κ2) is 68.3. The van der Waals surface area contributed by atoms with E-state index in [4.69, 9.17) is 14.2 Å². The topological polar surface area (TPSA) is 78.9 Å². The van der Waals surface area contributed by atoms with Crippen LogP contribution in [-0.4, -0.2) is 37.2 Å². The van der Waals surface area contributed by atoms with Gasteiger partial charge in [-0.15, -0.1) is 0 Å². The Hall–Kier alpha value is -4.19. The van der Waals surface area contributed by atoms with Crippen molar-refractivity contribution in [3.05, 3.63) is 122 Å². The summed E-state index contributed by atoms with van der Waals surface area (Å²) < 4.78 is 16.9. The Balaban J connectivity index is 4.20. The van der Waals surface area contributed by atoms with Crippen LogP contribution in [0.2, 0.25) is 0 Å². The first-order chi connectivity index (χ1) is 40.0. The third-order valence-electron chi connectivity index (χ3n) is 14.5. The van der Waals surface area contributed by atoms with Gasteiger partial charge in [-0.2, -0.15) is 0 Å². The Kier molecular flexibility index (Phi) is 64.8. The zero-order valence-electron chi connectivity index (χ0n) is 53.0. The van der Waals surface area contributed by atoms with Crippen LogP contribution in [0.25, 0.3) is 0 Å². The standard InChI is InChI=1S/C75H126O6/c1-4-7-10-13-16-19-21-23-25-27-29-31-33-35-36-37-38-40-41-43-45-47-49-51-53-56-59-62-65-68-74(77)80-71-72(70-79-73(76)67-64-61-58-55-18-15-12-9-6-3)81-75(78)69-66-63-60-57-54-52-50-48-46-44-42-39-34-32-30-28-26-24-22-20-17-14-11-8-5-2/h7-8,10-11,16-17,19-20,23-26,29-32,39,42,46,48,72H,4-6,9,12-15,18,21-22,27-28,33-38,40-41,43-45,47,49-71H2,1-3H3/b10-7-,11-8-,19-16-,20-17-,25-23-,26-24-,31-29-,32-30-,42-39-,48-46-. The van der Waals surface area contributed by atoms with Gasteiger partial charge in [0.15, 0.2) is 6.10 Å². The molecule has 0 aliphatic rings. The fourth-order valence-electron chi connectivity index (χ4n) is 9.44. The van der Waals surface area contributed by atoms with Crippen LogP contribution in [0.5, 0.6) is 0 Å². The van der Waals surface area contributed by atoms with Gasteiger partial charge in [-0.05, 0) is 109 Å². The van der Waals surface area contributed by atoms with Crippen LogP contribution in [0.4, 0.5) is 0 Å². The lowest BCUT2D eigenvalue weighted by Gasteiger charge is -2.18. The molecule has 0 radical (unpaired) electrons. The second-order valence-corrected chi connectivity index (χ2v) is 22.3. The average Bonchev–Trinajstić information content (AvgIpc) is 3.47. The predicted molar refractivity (Wildman–Crippen MR) is 353 cm³/mol. The van der Waals surface area contributed by atoms with E-state index in [0.29, 0.717) is 19.3 Å². The quantitative estimate of drug-likeness (QED) is 0.0261. The van der Waals surface area contributed by atoms with Gasteiger partial charge in [0.25, 0.3) is 0 Å². The van der Waals surface area contributed by atoms with Gasteiger partial charge in [-0.3, -0.25) is 14.4 Å². The van der Waals surface area contributed by atoms with Crippen LogP contribution in [0.15, 0.2) is 122 Å². The maximum absolute atomic E-state index is 12.9. The summed E-state index contributed by atoms with van der Waals surface area (Å²) >= 11 is 0. The molecule has 0 aromatic heterocycles. The number of allylic oxidation sites excluding steroid dienone is 20. The van der Waals surface area contributed by atoms with Crippen molar-refractivity contribution in [3.8, 4) is 0 Å². The number of carbonyl (C=O) groups is 3. The summed E-state index contributed by atoms with van der Waals surface area (Å²) in [6.45, 7) is 6.41. The summed E-state index contributed by atoms with van der Waals surface area (Å²) in [7, 11) is 0. The zero-order chi connectivity index (χ0) is 58.5. The van der Waals surface area contributed by atoms with Gasteiger partial charge < -0.3 is 14.2 Å². The second-order valence-electron chi connectivity index (χ2n) is 22.3. The third kappa shape index (κ3) is 66.5. The minimum Gasteiger partial charge on any atom is -0.462 e. The summed E-state index contributed by atoms with van der Waals surface area (Å²) in [5, 5.41) is 0. The molecule has 0 heterocycles. The van der Waals surface area contributed by atoms with Crippen LogP contribution < -0.4 is 0 Å². The van der Waals surface area contributed by atoms with Crippen molar-refractivity contribution in [2.45, 2.75) is 322 Å². The van der Waals surface area contributed by atoms with Crippen LogP contribution >= 0.6 is 0 Å². The molecule has 0 saturated carbocycles. The molecule has 0 aliphatic carbocycles. The normalized spacial score (nSPS) is 12.9. The van der Waals surface area contributed by atoms with Crippen LogP contribution in [0.3, 0.4) is 0 Å². The number of hydrogen-bond acceptors (Lipinski definition) is 6. The Morgan fingerprint density at radius 2 is 0.481 bits per heavy atom. The highest BCUT2D eigenvalue weighted by atomic mass is 16.6. The molecule has 1 unspecified atom stereocenters. The maximum atomic E-state index is 12.9. The van der Waals surface area contributed by atoms with Crippen LogP contribution in [0.1, 0.15) is 316 Å². The molecule has 6 nitrogen and oxygen atoms in total. The van der Waals surface area contributed by atoms with E-state index in [2.05, 4.69) is 142 Å². The van der Waals surface area contributed by atoms with E-state index < -0.39 is 6.10 Å². The fraction of sp³-hybridized carbons (Fsp3) is 0.693. The summed E-state index contributed by atoms with van der Waals surface area (Å²) in [6.07, 6.45) is 95.1. The van der Waals surface area contributed by atoms with Crippen molar-refractivity contribution in [2.24, 2.45) is 0 Å². The molecule has 0 fully saturated rings. The molecule has 81 heavy (non-hydrogen) atoms. The molecule has 0 aromatic carbocycles. The molecule has 0 aromatic rings. The molecular weight excluding hydrogens is 997 g/mol. The van der Waals surface area contributed by atoms with Gasteiger partial charge in [0.05, 0.1) is 0 Å². The SMILES string of the molecule is CC/C=C\C/C=C\C/C=C\C/C=C\C/C=C\C/C=C\CCCCCCCCC(=O)OC(COC(=O)CCCCCCCCCCC)COC(=O)CCCCCCCCCCCCCCCCCC/C=C\C/C=C\C/C=C\C/C=C\CC. The smallest absolute Gasteiger partial charge is 0.306 e. The molecule has 0 rings (SSSR count). The van der Waals surface area contributed by atoms with Crippen molar-refractivity contribution in [3.63, 3.8) is 0 Å². The van der Waals surface area contributed by atoms with E-state index in [9.17, 15) is 14.4 Å². The molecule has 0 saturated heterocycles. The summed E-state index contributed by atoms with van der Waals surface area (Å²) in [5.41, 5.74) is 0. The van der Waals surface area contributed by atoms with E-state index in [1.165, 1.54) is 141 Å². The summed E-state index contributed by atoms with van der Waals surface area (Å²) in [5.74, 6) is -0.891. The lowest BCUT2D eigenvalue weighted by molar-refractivity contribution is -0.167.